The summed E-state index contributed by atoms with van der Waals surface area (Å²) in [5.74, 6) is 1.57. The van der Waals surface area contributed by atoms with Crippen LogP contribution in [0.3, 0.4) is 0 Å². The predicted octanol–water partition coefficient (Wildman–Crippen LogP) is 3.22. The Morgan fingerprint density at radius 1 is 1.29 bits per heavy atom. The molecule has 0 saturated heterocycles. The summed E-state index contributed by atoms with van der Waals surface area (Å²) in [6, 6.07) is 7.87. The van der Waals surface area contributed by atoms with Crippen LogP contribution in [0.1, 0.15) is 43.6 Å². The number of anilines is 1. The first-order valence-electron chi connectivity index (χ1n) is 8.05. The first-order valence-corrected chi connectivity index (χ1v) is 8.43. The molecule has 0 fully saturated rings. The smallest absolute Gasteiger partial charge is 0.280 e. The summed E-state index contributed by atoms with van der Waals surface area (Å²) in [5, 5.41) is 8.73. The number of benzene rings is 1. The van der Waals surface area contributed by atoms with E-state index in [-0.39, 0.29) is 17.5 Å². The number of halogens is 1. The molecule has 0 bridgehead atoms. The quantitative estimate of drug-likeness (QED) is 0.776. The topological polar surface area (TPSA) is 64.2 Å². The highest BCUT2D eigenvalue weighted by molar-refractivity contribution is 6.30. The molecule has 7 heteroatoms. The summed E-state index contributed by atoms with van der Waals surface area (Å²) in [6.45, 7) is 4.70. The number of hydrogen-bond donors (Lipinski definition) is 1. The van der Waals surface area contributed by atoms with E-state index in [1.165, 1.54) is 0 Å². The van der Waals surface area contributed by atoms with Crippen LogP contribution >= 0.6 is 11.6 Å². The third-order valence-electron chi connectivity index (χ3n) is 4.41. The Morgan fingerprint density at radius 2 is 2.04 bits per heavy atom. The van der Waals surface area contributed by atoms with Gasteiger partial charge in [0.15, 0.2) is 5.52 Å². The fourth-order valence-electron chi connectivity index (χ4n) is 3.13. The van der Waals surface area contributed by atoms with Crippen molar-refractivity contribution in [2.24, 2.45) is 0 Å². The Bertz CT molecular complexity index is 958. The molecule has 1 atom stereocenters. The van der Waals surface area contributed by atoms with Crippen LogP contribution in [0.25, 0.3) is 5.52 Å². The van der Waals surface area contributed by atoms with Crippen molar-refractivity contribution in [1.82, 2.24) is 19.2 Å². The van der Waals surface area contributed by atoms with Gasteiger partial charge >= 0.3 is 0 Å². The van der Waals surface area contributed by atoms with E-state index in [0.717, 1.165) is 17.8 Å². The molecule has 2 aromatic heterocycles. The molecule has 6 nitrogen and oxygen atoms in total. The Kier molecular flexibility index (Phi) is 3.57. The van der Waals surface area contributed by atoms with Crippen LogP contribution < -0.4 is 10.9 Å². The Morgan fingerprint density at radius 3 is 2.75 bits per heavy atom. The maximum Gasteiger partial charge on any atom is 0.280 e. The number of aromatic nitrogens is 4. The molecule has 124 valence electrons. The summed E-state index contributed by atoms with van der Waals surface area (Å²) in [5.41, 5.74) is 1.60. The second-order valence-corrected chi connectivity index (χ2v) is 6.82. The van der Waals surface area contributed by atoms with Gasteiger partial charge in [0.1, 0.15) is 5.82 Å². The highest BCUT2D eigenvalue weighted by Gasteiger charge is 2.24. The molecular formula is C17H18ClN5O. The molecule has 0 spiro atoms. The summed E-state index contributed by atoms with van der Waals surface area (Å²) >= 11 is 5.96. The minimum Gasteiger partial charge on any atom is -0.347 e. The van der Waals surface area contributed by atoms with Gasteiger partial charge in [-0.2, -0.15) is 0 Å². The van der Waals surface area contributed by atoms with Crippen molar-refractivity contribution in [3.8, 4) is 0 Å². The summed E-state index contributed by atoms with van der Waals surface area (Å²) in [4.78, 5) is 17.1. The standard InChI is InChI=1S/C17H18ClN5O/c1-10(2)15-19-9-14-16(24)22-8-7-13(20-17(22)21-23(14)15)11-3-5-12(18)6-4-11/h3-6,9-10,13H,7-8H2,1-2H3,(H,20,21)/t13-/m1/s1. The van der Waals surface area contributed by atoms with Crippen molar-refractivity contribution in [2.45, 2.75) is 38.8 Å². The van der Waals surface area contributed by atoms with Gasteiger partial charge in [0.25, 0.3) is 5.56 Å². The zero-order valence-electron chi connectivity index (χ0n) is 13.5. The van der Waals surface area contributed by atoms with Gasteiger partial charge in [-0.1, -0.05) is 37.6 Å². The van der Waals surface area contributed by atoms with Gasteiger partial charge in [0.05, 0.1) is 12.2 Å². The number of imidazole rings is 1. The second-order valence-electron chi connectivity index (χ2n) is 6.39. The van der Waals surface area contributed by atoms with E-state index in [1.807, 2.05) is 38.1 Å². The number of hydrogen-bond acceptors (Lipinski definition) is 4. The van der Waals surface area contributed by atoms with Crippen LogP contribution in [0.5, 0.6) is 0 Å². The van der Waals surface area contributed by atoms with Crippen LogP contribution in [0.4, 0.5) is 5.95 Å². The Balaban J connectivity index is 1.78. The van der Waals surface area contributed by atoms with Gasteiger partial charge in [-0.15, -0.1) is 5.10 Å². The van der Waals surface area contributed by atoms with E-state index in [9.17, 15) is 4.79 Å². The first kappa shape index (κ1) is 15.2. The fourth-order valence-corrected chi connectivity index (χ4v) is 3.26. The molecule has 0 saturated carbocycles. The highest BCUT2D eigenvalue weighted by Crippen LogP contribution is 2.27. The molecule has 4 rings (SSSR count). The first-order chi connectivity index (χ1) is 11.5. The molecule has 0 radical (unpaired) electrons. The Hall–Kier alpha value is -2.34. The lowest BCUT2D eigenvalue weighted by molar-refractivity contribution is 0.512. The highest BCUT2D eigenvalue weighted by atomic mass is 35.5. The van der Waals surface area contributed by atoms with Crippen molar-refractivity contribution in [3.05, 3.63) is 57.2 Å². The minimum absolute atomic E-state index is 0.0542. The number of nitrogens with zero attached hydrogens (tertiary/aromatic N) is 4. The maximum atomic E-state index is 12.7. The van der Waals surface area contributed by atoms with Crippen LogP contribution in [0, 0.1) is 0 Å². The zero-order chi connectivity index (χ0) is 16.8. The largest absolute Gasteiger partial charge is 0.347 e. The molecule has 3 aromatic rings. The zero-order valence-corrected chi connectivity index (χ0v) is 14.3. The second kappa shape index (κ2) is 5.63. The molecule has 1 aromatic carbocycles. The third-order valence-corrected chi connectivity index (χ3v) is 4.66. The summed E-state index contributed by atoms with van der Waals surface area (Å²) < 4.78 is 3.35. The third kappa shape index (κ3) is 2.38. The number of nitrogens with one attached hydrogen (secondary N) is 1. The van der Waals surface area contributed by atoms with Crippen molar-refractivity contribution >= 4 is 23.1 Å². The van der Waals surface area contributed by atoms with Gasteiger partial charge in [-0.3, -0.25) is 9.36 Å². The average molecular weight is 344 g/mol. The van der Waals surface area contributed by atoms with Gasteiger partial charge in [0, 0.05) is 17.5 Å². The van der Waals surface area contributed by atoms with Gasteiger partial charge < -0.3 is 5.32 Å². The van der Waals surface area contributed by atoms with Crippen LogP contribution in [-0.2, 0) is 6.54 Å². The van der Waals surface area contributed by atoms with Gasteiger partial charge in [-0.05, 0) is 24.1 Å². The molecule has 24 heavy (non-hydrogen) atoms. The van der Waals surface area contributed by atoms with E-state index >= 15 is 0 Å². The lowest BCUT2D eigenvalue weighted by Crippen LogP contribution is -2.33. The molecule has 3 heterocycles. The molecule has 1 N–H and O–H groups in total. The monoisotopic (exact) mass is 343 g/mol. The summed E-state index contributed by atoms with van der Waals surface area (Å²) in [6.07, 6.45) is 2.43. The fraction of sp³-hybridized carbons (Fsp3) is 0.353. The van der Waals surface area contributed by atoms with E-state index < -0.39 is 0 Å². The van der Waals surface area contributed by atoms with Crippen LogP contribution in [-0.4, -0.2) is 19.2 Å². The van der Waals surface area contributed by atoms with Crippen molar-refractivity contribution in [1.29, 1.82) is 0 Å². The molecule has 1 aliphatic heterocycles. The lowest BCUT2D eigenvalue weighted by Gasteiger charge is -2.27. The molecular weight excluding hydrogens is 326 g/mol. The van der Waals surface area contributed by atoms with E-state index in [2.05, 4.69) is 15.4 Å². The van der Waals surface area contributed by atoms with E-state index in [4.69, 9.17) is 11.6 Å². The lowest BCUT2D eigenvalue weighted by atomic mass is 10.0. The van der Waals surface area contributed by atoms with Crippen LogP contribution in [0.2, 0.25) is 5.02 Å². The average Bonchev–Trinajstić information content (AvgIpc) is 2.99. The molecule has 0 unspecified atom stereocenters. The SMILES string of the molecule is CC(C)c1ncc2c(=O)n3c(nn12)N[C@@H](c1ccc(Cl)cc1)CC3. The normalized spacial score (nSPS) is 17.1. The molecule has 0 amide bonds. The van der Waals surface area contributed by atoms with Crippen LogP contribution in [0.15, 0.2) is 35.3 Å². The van der Waals surface area contributed by atoms with Gasteiger partial charge in [0.2, 0.25) is 5.95 Å². The van der Waals surface area contributed by atoms with Crippen molar-refractivity contribution < 1.29 is 0 Å². The van der Waals surface area contributed by atoms with E-state index in [0.29, 0.717) is 23.0 Å². The Labute approximate surface area is 144 Å². The minimum atomic E-state index is -0.0542. The molecule has 1 aliphatic rings. The maximum absolute atomic E-state index is 12.7. The molecule has 0 aliphatic carbocycles. The van der Waals surface area contributed by atoms with Gasteiger partial charge in [-0.25, -0.2) is 9.50 Å². The van der Waals surface area contributed by atoms with Crippen molar-refractivity contribution in [3.63, 3.8) is 0 Å². The van der Waals surface area contributed by atoms with Crippen molar-refractivity contribution in [2.75, 3.05) is 5.32 Å². The predicted molar refractivity (Wildman–Crippen MR) is 93.8 cm³/mol. The van der Waals surface area contributed by atoms with E-state index in [1.54, 1.807) is 15.3 Å². The number of rotatable bonds is 2. The number of fused-ring (bicyclic) bond motifs is 2. The summed E-state index contributed by atoms with van der Waals surface area (Å²) in [7, 11) is 0.